The summed E-state index contributed by atoms with van der Waals surface area (Å²) in [6.45, 7) is 18.8. The van der Waals surface area contributed by atoms with Crippen molar-refractivity contribution in [3.8, 4) is 0 Å². The highest BCUT2D eigenvalue weighted by Crippen LogP contribution is 2.76. The first-order chi connectivity index (χ1) is 22.2. The number of allylic oxidation sites excluding steroid dienone is 2. The largest absolute Gasteiger partial charge is 0.460 e. The highest BCUT2D eigenvalue weighted by atomic mass is 16.7. The maximum atomic E-state index is 12.6. The number of esters is 1. The highest BCUT2D eigenvalue weighted by molar-refractivity contribution is 5.66. The number of hydrogen-bond acceptors (Lipinski definition) is 10. The highest BCUT2D eigenvalue weighted by Gasteiger charge is 2.73. The van der Waals surface area contributed by atoms with Crippen molar-refractivity contribution < 1.29 is 49.6 Å². The summed E-state index contributed by atoms with van der Waals surface area (Å²) in [4.78, 5) is 12.6. The summed E-state index contributed by atoms with van der Waals surface area (Å²) in [5.41, 5.74) is 0.0207. The van der Waals surface area contributed by atoms with E-state index in [0.29, 0.717) is 6.42 Å². The van der Waals surface area contributed by atoms with E-state index in [-0.39, 0.29) is 51.2 Å². The first-order valence-electron chi connectivity index (χ1n) is 18.4. The molecule has 0 amide bonds. The van der Waals surface area contributed by atoms with Gasteiger partial charge >= 0.3 is 5.97 Å². The van der Waals surface area contributed by atoms with E-state index < -0.39 is 73.1 Å². The standard InChI is InChI=1S/C38H62O10/c1-18(2)25-27(42)29(44)31-35(25,6)14-15-37(8)21-10-11-24-34(4,5)32(48-33-30(45)28(43)26(41)23(17-39)47-33)22(46-19(3)40)16-36(24,7)20(21)12-13-38(31,37)9/h12,18,21-33,39,41-45H,10-11,13-17H2,1-9H3. The van der Waals surface area contributed by atoms with Crippen LogP contribution in [0.4, 0.5) is 0 Å². The number of rotatable bonds is 5. The minimum Gasteiger partial charge on any atom is -0.460 e. The molecule has 17 unspecified atom stereocenters. The lowest BCUT2D eigenvalue weighted by Gasteiger charge is -2.69. The quantitative estimate of drug-likeness (QED) is 0.144. The van der Waals surface area contributed by atoms with Gasteiger partial charge in [-0.25, -0.2) is 0 Å². The van der Waals surface area contributed by atoms with E-state index >= 15 is 0 Å². The van der Waals surface area contributed by atoms with Gasteiger partial charge in [-0.2, -0.15) is 0 Å². The van der Waals surface area contributed by atoms with Crippen LogP contribution >= 0.6 is 0 Å². The number of hydrogen-bond donors (Lipinski definition) is 6. The van der Waals surface area contributed by atoms with E-state index in [2.05, 4.69) is 61.5 Å². The van der Waals surface area contributed by atoms with Crippen LogP contribution in [0.15, 0.2) is 11.6 Å². The van der Waals surface area contributed by atoms with Crippen molar-refractivity contribution in [3.63, 3.8) is 0 Å². The van der Waals surface area contributed by atoms with Gasteiger partial charge in [-0.1, -0.05) is 67.0 Å². The summed E-state index contributed by atoms with van der Waals surface area (Å²) in [6, 6.07) is 0. The van der Waals surface area contributed by atoms with E-state index in [1.54, 1.807) is 0 Å². The van der Waals surface area contributed by atoms with Gasteiger partial charge in [0.15, 0.2) is 6.29 Å². The fourth-order valence-corrected chi connectivity index (χ4v) is 13.4. The fourth-order valence-electron chi connectivity index (χ4n) is 13.4. The van der Waals surface area contributed by atoms with Gasteiger partial charge in [-0.3, -0.25) is 4.79 Å². The van der Waals surface area contributed by atoms with Crippen LogP contribution in [0.2, 0.25) is 0 Å². The Morgan fingerprint density at radius 2 is 1.58 bits per heavy atom. The molecule has 48 heavy (non-hydrogen) atoms. The Bertz CT molecular complexity index is 1280. The smallest absolute Gasteiger partial charge is 0.302 e. The van der Waals surface area contributed by atoms with Crippen LogP contribution in [0.1, 0.15) is 101 Å². The Morgan fingerprint density at radius 1 is 0.917 bits per heavy atom. The number of aliphatic hydroxyl groups is 6. The third-order valence-electron chi connectivity index (χ3n) is 15.5. The van der Waals surface area contributed by atoms with E-state index in [1.165, 1.54) is 12.5 Å². The lowest BCUT2D eigenvalue weighted by atomic mass is 9.35. The van der Waals surface area contributed by atoms with Crippen molar-refractivity contribution in [1.82, 2.24) is 0 Å². The van der Waals surface area contributed by atoms with Crippen LogP contribution in [0.5, 0.6) is 0 Å². The molecule has 6 N–H and O–H groups in total. The van der Waals surface area contributed by atoms with Crippen LogP contribution in [-0.2, 0) is 19.0 Å². The topological polar surface area (TPSA) is 166 Å². The maximum Gasteiger partial charge on any atom is 0.302 e. The molecule has 5 fully saturated rings. The summed E-state index contributed by atoms with van der Waals surface area (Å²) in [7, 11) is 0. The Balaban J connectivity index is 1.36. The average molecular weight is 679 g/mol. The Labute approximate surface area is 286 Å². The molecule has 0 aromatic heterocycles. The predicted molar refractivity (Wildman–Crippen MR) is 177 cm³/mol. The minimum absolute atomic E-state index is 0.0256. The molecular weight excluding hydrogens is 616 g/mol. The van der Waals surface area contributed by atoms with Crippen LogP contribution in [-0.4, -0.2) is 98.3 Å². The normalized spacial score (nSPS) is 54.4. The van der Waals surface area contributed by atoms with Gasteiger partial charge in [0.25, 0.3) is 0 Å². The number of carbonyl (C=O) groups is 1. The fraction of sp³-hybridized carbons (Fsp3) is 0.921. The lowest BCUT2D eigenvalue weighted by Crippen LogP contribution is -2.66. The van der Waals surface area contributed by atoms with E-state index in [4.69, 9.17) is 14.2 Å². The second kappa shape index (κ2) is 12.0. The molecule has 6 aliphatic rings. The molecule has 6 rings (SSSR count). The molecule has 0 aromatic rings. The molecule has 5 aliphatic carbocycles. The van der Waals surface area contributed by atoms with Crippen molar-refractivity contribution in [2.75, 3.05) is 6.61 Å². The molecule has 10 nitrogen and oxygen atoms in total. The second-order valence-corrected chi connectivity index (χ2v) is 18.5. The Hall–Kier alpha value is -1.11. The number of fused-ring (bicyclic) bond motifs is 7. The number of aliphatic hydroxyl groups excluding tert-OH is 6. The Kier molecular flexibility index (Phi) is 9.15. The van der Waals surface area contributed by atoms with Gasteiger partial charge in [-0.15, -0.1) is 0 Å². The van der Waals surface area contributed by atoms with Crippen molar-refractivity contribution in [2.45, 2.75) is 156 Å². The first-order valence-corrected chi connectivity index (χ1v) is 18.4. The monoisotopic (exact) mass is 678 g/mol. The molecule has 0 bridgehead atoms. The van der Waals surface area contributed by atoms with Gasteiger partial charge in [0.05, 0.1) is 18.8 Å². The minimum atomic E-state index is -1.57. The molecule has 274 valence electrons. The van der Waals surface area contributed by atoms with Crippen LogP contribution in [0.3, 0.4) is 0 Å². The second-order valence-electron chi connectivity index (χ2n) is 18.5. The van der Waals surface area contributed by atoms with Gasteiger partial charge in [0.2, 0.25) is 0 Å². The summed E-state index contributed by atoms with van der Waals surface area (Å²) >= 11 is 0. The van der Waals surface area contributed by atoms with Crippen molar-refractivity contribution in [2.24, 2.45) is 56.7 Å². The van der Waals surface area contributed by atoms with Crippen LogP contribution in [0, 0.1) is 56.7 Å². The molecule has 0 spiro atoms. The van der Waals surface area contributed by atoms with Gasteiger partial charge < -0.3 is 44.8 Å². The maximum absolute atomic E-state index is 12.6. The van der Waals surface area contributed by atoms with Crippen molar-refractivity contribution >= 4 is 5.97 Å². The average Bonchev–Trinajstić information content (AvgIpc) is 3.20. The third-order valence-corrected chi connectivity index (χ3v) is 15.5. The zero-order valence-electron chi connectivity index (χ0n) is 30.4. The van der Waals surface area contributed by atoms with E-state index in [1.807, 2.05) is 0 Å². The molecule has 1 aliphatic heterocycles. The zero-order chi connectivity index (χ0) is 35.5. The summed E-state index contributed by atoms with van der Waals surface area (Å²) in [6.07, 6.45) is -2.37. The van der Waals surface area contributed by atoms with Gasteiger partial charge in [0.1, 0.15) is 36.6 Å². The lowest BCUT2D eigenvalue weighted by molar-refractivity contribution is -0.336. The summed E-state index contributed by atoms with van der Waals surface area (Å²) in [5.74, 6) is 0.234. The molecule has 0 aromatic carbocycles. The van der Waals surface area contributed by atoms with Crippen LogP contribution in [0.25, 0.3) is 0 Å². The van der Waals surface area contributed by atoms with E-state index in [9.17, 15) is 35.4 Å². The van der Waals surface area contributed by atoms with Crippen molar-refractivity contribution in [3.05, 3.63) is 11.6 Å². The Morgan fingerprint density at radius 3 is 2.19 bits per heavy atom. The predicted octanol–water partition coefficient (Wildman–Crippen LogP) is 3.33. The molecule has 1 saturated heterocycles. The third kappa shape index (κ3) is 4.90. The number of ether oxygens (including phenoxy) is 3. The van der Waals surface area contributed by atoms with E-state index in [0.717, 1.165) is 32.1 Å². The zero-order valence-corrected chi connectivity index (χ0v) is 30.4. The SMILES string of the molecule is CC(=O)OC1CC2(C)C3=CCC4(C)C5C(O)C(O)C(C(C)C)C5(C)CCC4(C)C3CCC2C(C)(C)C1OC1OC(CO)C(O)C(O)C1O. The molecular formula is C38H62O10. The van der Waals surface area contributed by atoms with Crippen molar-refractivity contribution in [1.29, 1.82) is 0 Å². The molecule has 17 atom stereocenters. The number of carbonyl (C=O) groups excluding carboxylic acids is 1. The summed E-state index contributed by atoms with van der Waals surface area (Å²) < 4.78 is 18.3. The van der Waals surface area contributed by atoms with Crippen LogP contribution < -0.4 is 0 Å². The molecule has 10 heteroatoms. The first kappa shape index (κ1) is 36.7. The van der Waals surface area contributed by atoms with Gasteiger partial charge in [-0.05, 0) is 95.2 Å². The molecule has 4 saturated carbocycles. The summed E-state index contributed by atoms with van der Waals surface area (Å²) in [5, 5.41) is 64.7. The molecule has 0 radical (unpaired) electrons. The molecule has 1 heterocycles. The van der Waals surface area contributed by atoms with Gasteiger partial charge in [0, 0.05) is 6.92 Å².